The van der Waals surface area contributed by atoms with Gasteiger partial charge in [-0.15, -0.1) is 24.5 Å². The number of hydrogen-bond acceptors (Lipinski definition) is 7. The number of aliphatic hydroxyl groups excluding tert-OH is 1. The molecule has 2 heterocycles. The number of halogens is 3. The molecule has 2 aromatic rings. The lowest BCUT2D eigenvalue weighted by Gasteiger charge is -2.22. The van der Waals surface area contributed by atoms with E-state index in [0.29, 0.717) is 39.2 Å². The Balaban J connectivity index is 1.42. The highest BCUT2D eigenvalue weighted by atomic mass is 32.2. The molecular weight excluding hydrogens is 451 g/mol. The Morgan fingerprint density at radius 1 is 1.19 bits per heavy atom. The predicted molar refractivity (Wildman–Crippen MR) is 114 cm³/mol. The molecule has 164 valence electrons. The first kappa shape index (κ1) is 21.8. The Labute approximate surface area is 184 Å². The monoisotopic (exact) mass is 469 g/mol. The molecule has 2 fully saturated rings. The number of nitrogens with one attached hydrogen (secondary N) is 1. The van der Waals surface area contributed by atoms with Gasteiger partial charge in [0, 0.05) is 10.9 Å². The summed E-state index contributed by atoms with van der Waals surface area (Å²) in [6.07, 6.45) is -0.313. The van der Waals surface area contributed by atoms with Crippen molar-refractivity contribution in [2.45, 2.75) is 44.2 Å². The molecule has 1 saturated heterocycles. The van der Waals surface area contributed by atoms with Crippen molar-refractivity contribution >= 4 is 40.2 Å². The Hall–Kier alpha value is -2.37. The summed E-state index contributed by atoms with van der Waals surface area (Å²) in [6, 6.07) is 5.56. The molecule has 1 amide bonds. The average molecular weight is 470 g/mol. The third-order valence-corrected chi connectivity index (χ3v) is 6.59. The molecule has 1 aromatic heterocycles. The Kier molecular flexibility index (Phi) is 6.35. The molecule has 1 aliphatic heterocycles. The predicted octanol–water partition coefficient (Wildman–Crippen LogP) is 4.57. The lowest BCUT2D eigenvalue weighted by molar-refractivity contribution is -0.274. The van der Waals surface area contributed by atoms with Gasteiger partial charge in [-0.25, -0.2) is 4.98 Å². The number of carbonyl (C=O) groups excluding carboxylic acids is 1. The summed E-state index contributed by atoms with van der Waals surface area (Å²) in [5.41, 5.74) is 1.23. The summed E-state index contributed by atoms with van der Waals surface area (Å²) >= 11 is 2.57. The van der Waals surface area contributed by atoms with Gasteiger partial charge in [0.2, 0.25) is 0 Å². The SMILES string of the molecule is O=C1NC(=NC2CCC(O)CC2)S/C1=C/c1csc(-c2ccc(OC(F)(F)F)cc2)n1. The molecule has 2 N–H and O–H groups in total. The number of carbonyl (C=O) groups is 1. The highest BCUT2D eigenvalue weighted by molar-refractivity contribution is 8.18. The number of alkyl halides is 3. The number of amidine groups is 1. The second-order valence-electron chi connectivity index (χ2n) is 7.11. The summed E-state index contributed by atoms with van der Waals surface area (Å²) in [5, 5.41) is 15.3. The van der Waals surface area contributed by atoms with E-state index in [1.807, 2.05) is 0 Å². The van der Waals surface area contributed by atoms with Crippen molar-refractivity contribution in [2.75, 3.05) is 0 Å². The molecule has 1 saturated carbocycles. The number of rotatable bonds is 4. The number of benzene rings is 1. The van der Waals surface area contributed by atoms with Gasteiger partial charge in [-0.1, -0.05) is 0 Å². The van der Waals surface area contributed by atoms with E-state index < -0.39 is 6.36 Å². The summed E-state index contributed by atoms with van der Waals surface area (Å²) in [6.45, 7) is 0. The van der Waals surface area contributed by atoms with Crippen LogP contribution in [0.25, 0.3) is 16.6 Å². The number of aliphatic imine (C=N–C) groups is 1. The number of thioether (sulfide) groups is 1. The molecule has 0 radical (unpaired) electrons. The lowest BCUT2D eigenvalue weighted by Crippen LogP contribution is -2.25. The largest absolute Gasteiger partial charge is 0.573 e. The van der Waals surface area contributed by atoms with Gasteiger partial charge in [-0.3, -0.25) is 9.79 Å². The van der Waals surface area contributed by atoms with Crippen molar-refractivity contribution < 1.29 is 27.8 Å². The van der Waals surface area contributed by atoms with Crippen LogP contribution in [0.2, 0.25) is 0 Å². The highest BCUT2D eigenvalue weighted by Crippen LogP contribution is 2.32. The second kappa shape index (κ2) is 9.01. The van der Waals surface area contributed by atoms with Crippen molar-refractivity contribution in [1.29, 1.82) is 0 Å². The van der Waals surface area contributed by atoms with E-state index in [-0.39, 0.29) is 23.8 Å². The molecule has 4 rings (SSSR count). The number of ether oxygens (including phenoxy) is 1. The summed E-state index contributed by atoms with van der Waals surface area (Å²) < 4.78 is 40.7. The maximum absolute atomic E-state index is 12.3. The first-order valence-electron chi connectivity index (χ1n) is 9.53. The van der Waals surface area contributed by atoms with E-state index in [1.165, 1.54) is 47.4 Å². The van der Waals surface area contributed by atoms with Gasteiger partial charge in [0.05, 0.1) is 22.7 Å². The van der Waals surface area contributed by atoms with Gasteiger partial charge in [0.1, 0.15) is 10.8 Å². The number of aliphatic hydroxyl groups is 1. The minimum absolute atomic E-state index is 0.0979. The number of thiazole rings is 1. The molecule has 11 heteroatoms. The van der Waals surface area contributed by atoms with E-state index in [1.54, 1.807) is 11.5 Å². The van der Waals surface area contributed by atoms with Crippen molar-refractivity contribution in [1.82, 2.24) is 10.3 Å². The van der Waals surface area contributed by atoms with Gasteiger partial charge >= 0.3 is 6.36 Å². The normalized spacial score (nSPS) is 24.6. The lowest BCUT2D eigenvalue weighted by atomic mass is 9.94. The zero-order valence-corrected chi connectivity index (χ0v) is 17.7. The second-order valence-corrected chi connectivity index (χ2v) is 9.00. The fourth-order valence-corrected chi connectivity index (χ4v) is 4.92. The van der Waals surface area contributed by atoms with E-state index in [0.717, 1.165) is 12.8 Å². The molecule has 31 heavy (non-hydrogen) atoms. The quantitative estimate of drug-likeness (QED) is 0.641. The van der Waals surface area contributed by atoms with Gasteiger partial charge in [0.25, 0.3) is 5.91 Å². The van der Waals surface area contributed by atoms with Crippen LogP contribution < -0.4 is 10.1 Å². The number of hydrogen-bond donors (Lipinski definition) is 2. The molecule has 1 aliphatic carbocycles. The summed E-state index contributed by atoms with van der Waals surface area (Å²) in [7, 11) is 0. The van der Waals surface area contributed by atoms with E-state index in [2.05, 4.69) is 20.0 Å². The zero-order chi connectivity index (χ0) is 22.0. The fraction of sp³-hybridized carbons (Fsp3) is 0.350. The third-order valence-electron chi connectivity index (χ3n) is 4.75. The molecule has 0 unspecified atom stereocenters. The molecule has 1 aromatic carbocycles. The molecular formula is C20H18F3N3O3S2. The van der Waals surface area contributed by atoms with Crippen LogP contribution in [0, 0.1) is 0 Å². The van der Waals surface area contributed by atoms with Crippen molar-refractivity contribution in [3.05, 3.63) is 40.2 Å². The van der Waals surface area contributed by atoms with E-state index >= 15 is 0 Å². The Morgan fingerprint density at radius 3 is 2.58 bits per heavy atom. The third kappa shape index (κ3) is 5.86. The van der Waals surface area contributed by atoms with Crippen molar-refractivity contribution in [3.63, 3.8) is 0 Å². The number of amides is 1. The van der Waals surface area contributed by atoms with Crippen LogP contribution in [0.1, 0.15) is 31.4 Å². The first-order valence-corrected chi connectivity index (χ1v) is 11.2. The molecule has 2 aliphatic rings. The highest BCUT2D eigenvalue weighted by Gasteiger charge is 2.31. The van der Waals surface area contributed by atoms with E-state index in [4.69, 9.17) is 0 Å². The molecule has 6 nitrogen and oxygen atoms in total. The van der Waals surface area contributed by atoms with Crippen molar-refractivity contribution in [2.24, 2.45) is 4.99 Å². The summed E-state index contributed by atoms with van der Waals surface area (Å²) in [5.74, 6) is -0.545. The topological polar surface area (TPSA) is 83.8 Å². The zero-order valence-electron chi connectivity index (χ0n) is 16.1. The number of aromatic nitrogens is 1. The minimum atomic E-state index is -4.73. The van der Waals surface area contributed by atoms with Crippen LogP contribution in [0.5, 0.6) is 5.75 Å². The van der Waals surface area contributed by atoms with Gasteiger partial charge in [-0.05, 0) is 67.8 Å². The number of nitrogens with zero attached hydrogens (tertiary/aromatic N) is 2. The van der Waals surface area contributed by atoms with Crippen LogP contribution in [-0.2, 0) is 4.79 Å². The van der Waals surface area contributed by atoms with Crippen LogP contribution in [0.3, 0.4) is 0 Å². The maximum Gasteiger partial charge on any atom is 0.573 e. The van der Waals surface area contributed by atoms with Gasteiger partial charge < -0.3 is 15.2 Å². The van der Waals surface area contributed by atoms with Crippen LogP contribution in [-0.4, -0.2) is 39.7 Å². The molecule has 0 atom stereocenters. The first-order chi connectivity index (χ1) is 14.7. The molecule has 0 bridgehead atoms. The smallest absolute Gasteiger partial charge is 0.406 e. The average Bonchev–Trinajstić information content (AvgIpc) is 3.30. The van der Waals surface area contributed by atoms with Crippen LogP contribution in [0.15, 0.2) is 39.5 Å². The Morgan fingerprint density at radius 2 is 1.90 bits per heavy atom. The van der Waals surface area contributed by atoms with Crippen LogP contribution in [0.4, 0.5) is 13.2 Å². The maximum atomic E-state index is 12.3. The fourth-order valence-electron chi connectivity index (χ4n) is 3.26. The van der Waals surface area contributed by atoms with Crippen molar-refractivity contribution in [3.8, 4) is 16.3 Å². The standard InChI is InChI=1S/C20H18F3N3O3S2/c21-20(22,23)29-15-7-1-11(2-8-15)18-24-13(10-30-18)9-16-17(28)26-19(31-16)25-12-3-5-14(27)6-4-12/h1-2,7-10,12,14,27H,3-6H2,(H,25,26,28)/b16-9+. The molecule has 0 spiro atoms. The Bertz CT molecular complexity index is 1010. The van der Waals surface area contributed by atoms with E-state index in [9.17, 15) is 23.1 Å². The minimum Gasteiger partial charge on any atom is -0.406 e. The van der Waals surface area contributed by atoms with Crippen LogP contribution >= 0.6 is 23.1 Å². The van der Waals surface area contributed by atoms with Gasteiger partial charge in [-0.2, -0.15) is 0 Å². The summed E-state index contributed by atoms with van der Waals surface area (Å²) in [4.78, 5) is 21.8. The van der Waals surface area contributed by atoms with Gasteiger partial charge in [0.15, 0.2) is 5.17 Å².